The smallest absolute Gasteiger partial charge is 0.303 e. The van der Waals surface area contributed by atoms with E-state index in [1.165, 1.54) is 31.9 Å². The summed E-state index contributed by atoms with van der Waals surface area (Å²) in [5.41, 5.74) is 0.435. The van der Waals surface area contributed by atoms with Crippen molar-refractivity contribution < 1.29 is 18.3 Å². The zero-order valence-electron chi connectivity index (χ0n) is 24.8. The summed E-state index contributed by atoms with van der Waals surface area (Å²) in [4.78, 5) is 11.3. The Hall–Kier alpha value is -0.700. The highest BCUT2D eigenvalue weighted by molar-refractivity contribution is 7.88. The predicted molar refractivity (Wildman–Crippen MR) is 153 cm³/mol. The van der Waals surface area contributed by atoms with E-state index in [4.69, 9.17) is 0 Å². The van der Waals surface area contributed by atoms with Crippen molar-refractivity contribution in [2.75, 3.05) is 19.3 Å². The fourth-order valence-corrected chi connectivity index (χ4v) is 10.8. The SMILES string of the molecule is CC(C)NCCNC1CC[C@]2(C)C3CC[C@@]4(C)C(CC[C@@H]4[C@H](C)CCC(=O)O)C3[C@H](NS(C)(=O)=O)C[C@H]2C1. The lowest BCUT2D eigenvalue weighted by atomic mass is 9.43. The molecule has 0 aromatic heterocycles. The zero-order valence-corrected chi connectivity index (χ0v) is 25.6. The lowest BCUT2D eigenvalue weighted by Crippen LogP contribution is -2.62. The van der Waals surface area contributed by atoms with Crippen LogP contribution in [-0.4, -0.2) is 57.0 Å². The number of rotatable bonds is 11. The van der Waals surface area contributed by atoms with Gasteiger partial charge in [-0.25, -0.2) is 13.1 Å². The monoisotopic (exact) mass is 553 g/mol. The van der Waals surface area contributed by atoms with Crippen LogP contribution < -0.4 is 15.4 Å². The third-order valence-corrected chi connectivity index (χ3v) is 12.5. The maximum atomic E-state index is 12.6. The molecular weight excluding hydrogens is 498 g/mol. The molecule has 0 amide bonds. The second kappa shape index (κ2) is 11.7. The highest BCUT2D eigenvalue weighted by atomic mass is 32.2. The summed E-state index contributed by atoms with van der Waals surface area (Å²) >= 11 is 0. The van der Waals surface area contributed by atoms with E-state index in [0.29, 0.717) is 47.6 Å². The average Bonchev–Trinajstić information content (AvgIpc) is 3.17. The van der Waals surface area contributed by atoms with Gasteiger partial charge in [0.1, 0.15) is 0 Å². The van der Waals surface area contributed by atoms with Crippen molar-refractivity contribution in [2.45, 2.75) is 117 Å². The lowest BCUT2D eigenvalue weighted by molar-refractivity contribution is -0.138. The molecular formula is C30H55N3O4S. The van der Waals surface area contributed by atoms with Crippen LogP contribution in [0.2, 0.25) is 0 Å². The Balaban J connectivity index is 1.53. The normalized spacial score (nSPS) is 41.8. The standard InChI is InChI=1S/C30H55N3O4S/c1-19(2)31-15-16-32-22-11-13-29(4)21(17-22)18-26(33-38(6,36)37)28-24-9-8-23(20(3)7-10-27(34)35)30(24,5)14-12-25(28)29/h19-26,28,31-33H,7-18H2,1-6H3,(H,34,35)/t20-,21-,22?,23-,24?,25?,26-,28?,29+,30-/m1/s1. The number of hydrogen-bond donors (Lipinski definition) is 4. The molecule has 0 radical (unpaired) electrons. The van der Waals surface area contributed by atoms with E-state index in [1.807, 2.05) is 0 Å². The van der Waals surface area contributed by atoms with E-state index in [1.54, 1.807) is 0 Å². The Labute approximate surface area is 232 Å². The largest absolute Gasteiger partial charge is 0.481 e. The van der Waals surface area contributed by atoms with E-state index in [0.717, 1.165) is 45.2 Å². The molecule has 4 aliphatic rings. The van der Waals surface area contributed by atoms with E-state index in [2.05, 4.69) is 50.0 Å². The first-order valence-corrected chi connectivity index (χ1v) is 17.3. The first-order chi connectivity index (χ1) is 17.7. The molecule has 0 aromatic carbocycles. The summed E-state index contributed by atoms with van der Waals surface area (Å²) in [6.07, 6.45) is 11.5. The van der Waals surface area contributed by atoms with Gasteiger partial charge in [-0.05, 0) is 104 Å². The summed E-state index contributed by atoms with van der Waals surface area (Å²) in [6.45, 7) is 13.6. The molecule has 4 saturated carbocycles. The van der Waals surface area contributed by atoms with Crippen molar-refractivity contribution >= 4 is 16.0 Å². The van der Waals surface area contributed by atoms with Crippen LogP contribution in [0.4, 0.5) is 0 Å². The van der Waals surface area contributed by atoms with Crippen molar-refractivity contribution in [1.29, 1.82) is 0 Å². The Bertz CT molecular complexity index is 942. The molecule has 4 unspecified atom stereocenters. The van der Waals surface area contributed by atoms with Crippen molar-refractivity contribution in [3.05, 3.63) is 0 Å². The van der Waals surface area contributed by atoms with Gasteiger partial charge < -0.3 is 15.7 Å². The molecule has 4 fully saturated rings. The van der Waals surface area contributed by atoms with Crippen molar-refractivity contribution in [1.82, 2.24) is 15.4 Å². The summed E-state index contributed by atoms with van der Waals surface area (Å²) in [5, 5.41) is 16.6. The number of fused-ring (bicyclic) bond motifs is 5. The molecule has 0 saturated heterocycles. The third-order valence-electron chi connectivity index (χ3n) is 11.8. The van der Waals surface area contributed by atoms with Crippen LogP contribution in [0.25, 0.3) is 0 Å². The molecule has 4 aliphatic carbocycles. The lowest BCUT2D eigenvalue weighted by Gasteiger charge is -2.63. The van der Waals surface area contributed by atoms with Crippen LogP contribution in [0.3, 0.4) is 0 Å². The highest BCUT2D eigenvalue weighted by Gasteiger charge is 2.63. The van der Waals surface area contributed by atoms with E-state index < -0.39 is 16.0 Å². The van der Waals surface area contributed by atoms with Crippen LogP contribution in [-0.2, 0) is 14.8 Å². The molecule has 8 heteroatoms. The third kappa shape index (κ3) is 6.28. The molecule has 220 valence electrons. The van der Waals surface area contributed by atoms with Gasteiger partial charge in [-0.2, -0.15) is 0 Å². The molecule has 0 bridgehead atoms. The van der Waals surface area contributed by atoms with Crippen LogP contribution in [0.5, 0.6) is 0 Å². The van der Waals surface area contributed by atoms with E-state index in [9.17, 15) is 18.3 Å². The van der Waals surface area contributed by atoms with Gasteiger partial charge in [-0.1, -0.05) is 34.6 Å². The molecule has 0 heterocycles. The topological polar surface area (TPSA) is 108 Å². The second-order valence-electron chi connectivity index (χ2n) is 14.4. The average molecular weight is 554 g/mol. The minimum absolute atomic E-state index is 0.00660. The number of carboxylic acids is 1. The van der Waals surface area contributed by atoms with Crippen molar-refractivity contribution in [3.8, 4) is 0 Å². The van der Waals surface area contributed by atoms with Crippen LogP contribution in [0.15, 0.2) is 0 Å². The first-order valence-electron chi connectivity index (χ1n) is 15.4. The Morgan fingerprint density at radius 2 is 1.66 bits per heavy atom. The van der Waals surface area contributed by atoms with Gasteiger partial charge in [0.2, 0.25) is 10.0 Å². The second-order valence-corrected chi connectivity index (χ2v) is 16.2. The number of carbonyl (C=O) groups is 1. The molecule has 10 atom stereocenters. The van der Waals surface area contributed by atoms with Gasteiger partial charge in [0.25, 0.3) is 0 Å². The number of nitrogens with one attached hydrogen (secondary N) is 3. The predicted octanol–water partition coefficient (Wildman–Crippen LogP) is 4.63. The fraction of sp³-hybridized carbons (Fsp3) is 0.967. The van der Waals surface area contributed by atoms with Gasteiger partial charge in [0, 0.05) is 37.6 Å². The van der Waals surface area contributed by atoms with Crippen LogP contribution in [0, 0.1) is 46.3 Å². The molecule has 0 aromatic rings. The first kappa shape index (κ1) is 30.3. The summed E-state index contributed by atoms with van der Waals surface area (Å²) in [7, 11) is -3.31. The number of aliphatic carboxylic acids is 1. The van der Waals surface area contributed by atoms with Gasteiger partial charge in [0.05, 0.1) is 6.26 Å². The number of carboxylic acid groups (broad SMARTS) is 1. The van der Waals surface area contributed by atoms with E-state index in [-0.39, 0.29) is 23.3 Å². The van der Waals surface area contributed by atoms with E-state index >= 15 is 0 Å². The molecule has 4 N–H and O–H groups in total. The van der Waals surface area contributed by atoms with Crippen LogP contribution in [0.1, 0.15) is 98.8 Å². The van der Waals surface area contributed by atoms with Crippen LogP contribution >= 0.6 is 0 Å². The van der Waals surface area contributed by atoms with Crippen molar-refractivity contribution in [3.63, 3.8) is 0 Å². The summed E-state index contributed by atoms with van der Waals surface area (Å²) in [6, 6.07) is 1.02. The minimum Gasteiger partial charge on any atom is -0.481 e. The zero-order chi connectivity index (χ0) is 27.9. The van der Waals surface area contributed by atoms with Gasteiger partial charge >= 0.3 is 5.97 Å². The highest BCUT2D eigenvalue weighted by Crippen LogP contribution is 2.68. The molecule has 0 spiro atoms. The van der Waals surface area contributed by atoms with Gasteiger partial charge in [-0.3, -0.25) is 4.79 Å². The van der Waals surface area contributed by atoms with Crippen molar-refractivity contribution in [2.24, 2.45) is 46.3 Å². The van der Waals surface area contributed by atoms with Gasteiger partial charge in [0.15, 0.2) is 0 Å². The quantitative estimate of drug-likeness (QED) is 0.278. The Kier molecular flexibility index (Phi) is 9.28. The molecule has 0 aliphatic heterocycles. The summed E-state index contributed by atoms with van der Waals surface area (Å²) in [5.74, 6) is 2.17. The minimum atomic E-state index is -3.31. The summed E-state index contributed by atoms with van der Waals surface area (Å²) < 4.78 is 28.4. The molecule has 38 heavy (non-hydrogen) atoms. The maximum Gasteiger partial charge on any atom is 0.303 e. The Morgan fingerprint density at radius 3 is 2.32 bits per heavy atom. The number of sulfonamides is 1. The maximum absolute atomic E-state index is 12.6. The van der Waals surface area contributed by atoms with Gasteiger partial charge in [-0.15, -0.1) is 0 Å². The molecule has 4 rings (SSSR count). The fourth-order valence-electron chi connectivity index (χ4n) is 10.0. The molecule has 7 nitrogen and oxygen atoms in total. The number of hydrogen-bond acceptors (Lipinski definition) is 5. The Morgan fingerprint density at radius 1 is 0.974 bits per heavy atom.